The van der Waals surface area contributed by atoms with Crippen molar-refractivity contribution in [3.8, 4) is 0 Å². The molecule has 1 aromatic heterocycles. The highest BCUT2D eigenvalue weighted by Gasteiger charge is 2.21. The molecule has 2 unspecified atom stereocenters. The zero-order valence-corrected chi connectivity index (χ0v) is 15.0. The average molecular weight is 362 g/mol. The second-order valence-corrected chi connectivity index (χ2v) is 6.02. The van der Waals surface area contributed by atoms with E-state index in [-0.39, 0.29) is 36.8 Å². The molecule has 2 N–H and O–H groups in total. The van der Waals surface area contributed by atoms with E-state index < -0.39 is 0 Å². The van der Waals surface area contributed by atoms with Gasteiger partial charge in [0.2, 0.25) is 0 Å². The van der Waals surface area contributed by atoms with Gasteiger partial charge < -0.3 is 15.5 Å². The standard InChI is InChI=1S/C15H23N5O.2ClH/c1-11-10-12(6-7-16-11)17-15(21)13-4-5-14(19-18-13)20-8-2-3-9-20;;/h4-5,11-12,16H,2-3,6-10H2,1H3,(H,17,21);2*1H. The zero-order valence-electron chi connectivity index (χ0n) is 13.3. The van der Waals surface area contributed by atoms with E-state index >= 15 is 0 Å². The molecule has 0 bridgehead atoms. The molecule has 3 heterocycles. The smallest absolute Gasteiger partial charge is 0.272 e. The SMILES string of the molecule is CC1CC(NC(=O)c2ccc(N3CCCC3)nn2)CCN1.Cl.Cl. The predicted molar refractivity (Wildman–Crippen MR) is 95.9 cm³/mol. The van der Waals surface area contributed by atoms with Crippen molar-refractivity contribution in [1.29, 1.82) is 0 Å². The summed E-state index contributed by atoms with van der Waals surface area (Å²) in [4.78, 5) is 14.4. The van der Waals surface area contributed by atoms with Crippen LogP contribution in [0.5, 0.6) is 0 Å². The summed E-state index contributed by atoms with van der Waals surface area (Å²) in [6.07, 6.45) is 4.34. The first-order valence-corrected chi connectivity index (χ1v) is 7.85. The molecule has 1 aromatic rings. The lowest BCUT2D eigenvalue weighted by Crippen LogP contribution is -2.46. The first kappa shape index (κ1) is 19.9. The number of piperidine rings is 1. The van der Waals surface area contributed by atoms with Crippen molar-refractivity contribution in [3.05, 3.63) is 17.8 Å². The van der Waals surface area contributed by atoms with Gasteiger partial charge in [-0.05, 0) is 51.3 Å². The molecule has 1 amide bonds. The molecule has 23 heavy (non-hydrogen) atoms. The van der Waals surface area contributed by atoms with Gasteiger partial charge >= 0.3 is 0 Å². The molecule has 6 nitrogen and oxygen atoms in total. The van der Waals surface area contributed by atoms with Gasteiger partial charge in [0.05, 0.1) is 0 Å². The van der Waals surface area contributed by atoms with Gasteiger partial charge in [0.15, 0.2) is 11.5 Å². The van der Waals surface area contributed by atoms with Crippen LogP contribution in [0.2, 0.25) is 0 Å². The molecule has 3 rings (SSSR count). The van der Waals surface area contributed by atoms with E-state index in [1.165, 1.54) is 12.8 Å². The van der Waals surface area contributed by atoms with Crippen LogP contribution >= 0.6 is 24.8 Å². The lowest BCUT2D eigenvalue weighted by atomic mass is 10.0. The number of carbonyl (C=O) groups excluding carboxylic acids is 1. The van der Waals surface area contributed by atoms with Crippen LogP contribution in [-0.4, -0.2) is 47.8 Å². The number of rotatable bonds is 3. The maximum atomic E-state index is 12.2. The Bertz CT molecular complexity index is 493. The molecule has 0 spiro atoms. The Labute approximate surface area is 149 Å². The van der Waals surface area contributed by atoms with Crippen LogP contribution in [0, 0.1) is 0 Å². The summed E-state index contributed by atoms with van der Waals surface area (Å²) in [5, 5.41) is 14.7. The molecule has 0 aromatic carbocycles. The van der Waals surface area contributed by atoms with E-state index in [9.17, 15) is 4.79 Å². The Balaban J connectivity index is 0.00000132. The van der Waals surface area contributed by atoms with Crippen LogP contribution in [0.3, 0.4) is 0 Å². The number of hydrogen-bond acceptors (Lipinski definition) is 5. The van der Waals surface area contributed by atoms with Crippen molar-refractivity contribution < 1.29 is 4.79 Å². The Morgan fingerprint density at radius 2 is 2.00 bits per heavy atom. The van der Waals surface area contributed by atoms with Crippen molar-refractivity contribution in [2.75, 3.05) is 24.5 Å². The van der Waals surface area contributed by atoms with Crippen LogP contribution in [0.15, 0.2) is 12.1 Å². The van der Waals surface area contributed by atoms with Gasteiger partial charge in [-0.15, -0.1) is 35.0 Å². The Morgan fingerprint density at radius 3 is 2.61 bits per heavy atom. The minimum Gasteiger partial charge on any atom is -0.355 e. The minimum absolute atomic E-state index is 0. The quantitative estimate of drug-likeness (QED) is 0.858. The Hall–Kier alpha value is -1.11. The molecule has 2 fully saturated rings. The summed E-state index contributed by atoms with van der Waals surface area (Å²) in [6.45, 7) is 5.16. The summed E-state index contributed by atoms with van der Waals surface area (Å²) in [7, 11) is 0. The molecule has 130 valence electrons. The van der Waals surface area contributed by atoms with E-state index in [0.29, 0.717) is 11.7 Å². The van der Waals surface area contributed by atoms with E-state index in [0.717, 1.165) is 38.3 Å². The molecule has 2 atom stereocenters. The highest BCUT2D eigenvalue weighted by atomic mass is 35.5. The third kappa shape index (κ3) is 5.19. The average Bonchev–Trinajstić information content (AvgIpc) is 3.01. The first-order chi connectivity index (χ1) is 10.2. The van der Waals surface area contributed by atoms with Gasteiger partial charge in [-0.3, -0.25) is 4.79 Å². The van der Waals surface area contributed by atoms with Gasteiger partial charge in [0.25, 0.3) is 5.91 Å². The number of amides is 1. The van der Waals surface area contributed by atoms with Crippen molar-refractivity contribution in [2.24, 2.45) is 0 Å². The Morgan fingerprint density at radius 1 is 1.26 bits per heavy atom. The van der Waals surface area contributed by atoms with Gasteiger partial charge in [-0.1, -0.05) is 0 Å². The van der Waals surface area contributed by atoms with Crippen LogP contribution in [0.1, 0.15) is 43.1 Å². The highest BCUT2D eigenvalue weighted by Crippen LogP contribution is 2.16. The fraction of sp³-hybridized carbons (Fsp3) is 0.667. The zero-order chi connectivity index (χ0) is 14.7. The molecule has 0 saturated carbocycles. The maximum Gasteiger partial charge on any atom is 0.272 e. The Kier molecular flexibility index (Phi) is 8.02. The largest absolute Gasteiger partial charge is 0.355 e. The number of hydrogen-bond donors (Lipinski definition) is 2. The van der Waals surface area contributed by atoms with Crippen molar-refractivity contribution >= 4 is 36.5 Å². The third-order valence-electron chi connectivity index (χ3n) is 4.27. The number of nitrogens with one attached hydrogen (secondary N) is 2. The van der Waals surface area contributed by atoms with E-state index in [1.807, 2.05) is 6.07 Å². The predicted octanol–water partition coefficient (Wildman–Crippen LogP) is 1.79. The molecule has 0 aliphatic carbocycles. The van der Waals surface area contributed by atoms with Gasteiger partial charge in [-0.25, -0.2) is 0 Å². The molecular weight excluding hydrogens is 337 g/mol. The molecule has 2 aliphatic heterocycles. The summed E-state index contributed by atoms with van der Waals surface area (Å²) >= 11 is 0. The van der Waals surface area contributed by atoms with E-state index in [1.54, 1.807) is 6.07 Å². The van der Waals surface area contributed by atoms with Crippen molar-refractivity contribution in [3.63, 3.8) is 0 Å². The van der Waals surface area contributed by atoms with Crippen LogP contribution in [0.25, 0.3) is 0 Å². The number of halogens is 2. The summed E-state index contributed by atoms with van der Waals surface area (Å²) in [5.41, 5.74) is 0.407. The lowest BCUT2D eigenvalue weighted by Gasteiger charge is -2.28. The topological polar surface area (TPSA) is 70.2 Å². The minimum atomic E-state index is -0.116. The van der Waals surface area contributed by atoms with Crippen LogP contribution in [-0.2, 0) is 0 Å². The fourth-order valence-corrected chi connectivity index (χ4v) is 3.08. The fourth-order valence-electron chi connectivity index (χ4n) is 3.08. The van der Waals surface area contributed by atoms with Crippen molar-refractivity contribution in [2.45, 2.75) is 44.7 Å². The molecule has 0 radical (unpaired) electrons. The van der Waals surface area contributed by atoms with E-state index in [2.05, 4.69) is 32.7 Å². The van der Waals surface area contributed by atoms with Gasteiger partial charge in [0, 0.05) is 25.2 Å². The van der Waals surface area contributed by atoms with Gasteiger partial charge in [0.1, 0.15) is 0 Å². The highest BCUT2D eigenvalue weighted by molar-refractivity contribution is 5.92. The normalized spacial score (nSPS) is 23.6. The van der Waals surface area contributed by atoms with Crippen molar-refractivity contribution in [1.82, 2.24) is 20.8 Å². The molecular formula is C15H25Cl2N5O. The summed E-state index contributed by atoms with van der Waals surface area (Å²) in [5.74, 6) is 0.758. The third-order valence-corrected chi connectivity index (χ3v) is 4.27. The maximum absolute atomic E-state index is 12.2. The number of aromatic nitrogens is 2. The van der Waals surface area contributed by atoms with Crippen LogP contribution < -0.4 is 15.5 Å². The first-order valence-electron chi connectivity index (χ1n) is 7.85. The second-order valence-electron chi connectivity index (χ2n) is 6.02. The second kappa shape index (κ2) is 9.25. The molecule has 2 aliphatic rings. The lowest BCUT2D eigenvalue weighted by molar-refractivity contribution is 0.0919. The molecule has 2 saturated heterocycles. The molecule has 8 heteroatoms. The number of anilines is 1. The van der Waals surface area contributed by atoms with Gasteiger partial charge in [-0.2, -0.15) is 0 Å². The summed E-state index contributed by atoms with van der Waals surface area (Å²) in [6, 6.07) is 4.36. The summed E-state index contributed by atoms with van der Waals surface area (Å²) < 4.78 is 0. The number of nitrogens with zero attached hydrogens (tertiary/aromatic N) is 3. The monoisotopic (exact) mass is 361 g/mol. The van der Waals surface area contributed by atoms with E-state index in [4.69, 9.17) is 0 Å². The number of carbonyl (C=O) groups is 1. The van der Waals surface area contributed by atoms with Crippen LogP contribution in [0.4, 0.5) is 5.82 Å².